The highest BCUT2D eigenvalue weighted by Crippen LogP contribution is 2.27. The van der Waals surface area contributed by atoms with Crippen molar-refractivity contribution in [2.75, 3.05) is 0 Å². The van der Waals surface area contributed by atoms with Crippen molar-refractivity contribution in [1.82, 2.24) is 15.1 Å². The van der Waals surface area contributed by atoms with E-state index in [1.807, 2.05) is 0 Å². The minimum atomic E-state index is -3.72. The molecule has 6 nitrogen and oxygen atoms in total. The summed E-state index contributed by atoms with van der Waals surface area (Å²) in [7, 11) is -3.72. The number of nitrogens with zero attached hydrogens (tertiary/aromatic N) is 3. The van der Waals surface area contributed by atoms with Crippen LogP contribution in [0.5, 0.6) is 0 Å². The summed E-state index contributed by atoms with van der Waals surface area (Å²) >= 11 is 11.9. The molecule has 0 saturated carbocycles. The first kappa shape index (κ1) is 17.9. The molecular weight excluding hydrogens is 409 g/mol. The van der Waals surface area contributed by atoms with E-state index >= 15 is 0 Å². The van der Waals surface area contributed by atoms with E-state index in [0.717, 1.165) is 5.39 Å². The van der Waals surface area contributed by atoms with E-state index in [-0.39, 0.29) is 16.6 Å². The molecule has 0 unspecified atom stereocenters. The smallest absolute Gasteiger partial charge is 0.258 e. The summed E-state index contributed by atoms with van der Waals surface area (Å²) in [4.78, 5) is 8.47. The third kappa shape index (κ3) is 3.66. The van der Waals surface area contributed by atoms with Gasteiger partial charge in [-0.25, -0.2) is 8.42 Å². The third-order valence-electron chi connectivity index (χ3n) is 3.83. The Labute approximate surface area is 164 Å². The van der Waals surface area contributed by atoms with Gasteiger partial charge < -0.3 is 4.52 Å². The van der Waals surface area contributed by atoms with Gasteiger partial charge in [-0.15, -0.1) is 0 Å². The first-order chi connectivity index (χ1) is 12.9. The first-order valence-electron chi connectivity index (χ1n) is 7.78. The summed E-state index contributed by atoms with van der Waals surface area (Å²) in [6.07, 6.45) is 1.55. The number of fused-ring (bicyclic) bond motifs is 1. The average Bonchev–Trinajstić information content (AvgIpc) is 3.08. The van der Waals surface area contributed by atoms with Crippen LogP contribution in [0.2, 0.25) is 10.0 Å². The van der Waals surface area contributed by atoms with Crippen LogP contribution in [0.1, 0.15) is 5.82 Å². The molecule has 0 aliphatic heterocycles. The van der Waals surface area contributed by atoms with Crippen molar-refractivity contribution in [3.63, 3.8) is 0 Å². The lowest BCUT2D eigenvalue weighted by molar-refractivity contribution is 0.424. The van der Waals surface area contributed by atoms with E-state index in [0.29, 0.717) is 21.1 Å². The highest BCUT2D eigenvalue weighted by Gasteiger charge is 2.22. The van der Waals surface area contributed by atoms with Crippen molar-refractivity contribution in [3.05, 3.63) is 70.6 Å². The zero-order chi connectivity index (χ0) is 19.0. The highest BCUT2D eigenvalue weighted by atomic mass is 35.5. The molecule has 4 rings (SSSR count). The molecule has 0 amide bonds. The second-order valence-corrected chi connectivity index (χ2v) is 8.60. The van der Waals surface area contributed by atoms with Gasteiger partial charge >= 0.3 is 0 Å². The van der Waals surface area contributed by atoms with Gasteiger partial charge in [0.1, 0.15) is 5.75 Å². The number of halogens is 2. The summed E-state index contributed by atoms with van der Waals surface area (Å²) < 4.78 is 30.9. The fourth-order valence-electron chi connectivity index (χ4n) is 2.68. The Hall–Kier alpha value is -2.48. The number of sulfone groups is 1. The number of hydrogen-bond donors (Lipinski definition) is 0. The van der Waals surface area contributed by atoms with Gasteiger partial charge in [-0.3, -0.25) is 4.98 Å². The summed E-state index contributed by atoms with van der Waals surface area (Å²) in [5.41, 5.74) is 0.917. The molecular formula is C18H11Cl2N3O3S. The Morgan fingerprint density at radius 3 is 2.52 bits per heavy atom. The molecule has 0 spiro atoms. The van der Waals surface area contributed by atoms with Crippen molar-refractivity contribution in [1.29, 1.82) is 0 Å². The molecule has 0 aliphatic carbocycles. The van der Waals surface area contributed by atoms with Gasteiger partial charge in [0.05, 0.1) is 10.4 Å². The van der Waals surface area contributed by atoms with E-state index < -0.39 is 15.6 Å². The highest BCUT2D eigenvalue weighted by molar-refractivity contribution is 7.90. The normalized spacial score (nSPS) is 11.8. The maximum absolute atomic E-state index is 12.9. The lowest BCUT2D eigenvalue weighted by Crippen LogP contribution is -2.07. The van der Waals surface area contributed by atoms with E-state index in [1.54, 1.807) is 48.7 Å². The van der Waals surface area contributed by atoms with Crippen LogP contribution >= 0.6 is 23.2 Å². The standard InChI is InChI=1S/C18H11Cl2N3O3S/c19-13-7-12(8-14(20)9-13)18-22-16(23-26-18)10-27(24,25)15-5-1-3-11-4-2-6-21-17(11)15/h1-9H,10H2. The molecule has 2 aromatic heterocycles. The van der Waals surface area contributed by atoms with Crippen LogP contribution in [0.15, 0.2) is 64.1 Å². The quantitative estimate of drug-likeness (QED) is 0.481. The third-order valence-corrected chi connectivity index (χ3v) is 5.90. The minimum absolute atomic E-state index is 0.0361. The molecule has 0 atom stereocenters. The predicted molar refractivity (Wildman–Crippen MR) is 102 cm³/mol. The number of hydrogen-bond acceptors (Lipinski definition) is 6. The van der Waals surface area contributed by atoms with Gasteiger partial charge in [-0.05, 0) is 30.3 Å². The van der Waals surface area contributed by atoms with Gasteiger partial charge in [-0.2, -0.15) is 4.98 Å². The Kier molecular flexibility index (Phi) is 4.59. The Morgan fingerprint density at radius 2 is 1.74 bits per heavy atom. The zero-order valence-electron chi connectivity index (χ0n) is 13.6. The van der Waals surface area contributed by atoms with Crippen molar-refractivity contribution < 1.29 is 12.9 Å². The summed E-state index contributed by atoms with van der Waals surface area (Å²) in [5.74, 6) is -0.241. The van der Waals surface area contributed by atoms with Crippen LogP contribution in [-0.4, -0.2) is 23.5 Å². The topological polar surface area (TPSA) is 86.0 Å². The number of para-hydroxylation sites is 1. The second kappa shape index (κ2) is 6.92. The average molecular weight is 420 g/mol. The lowest BCUT2D eigenvalue weighted by atomic mass is 10.2. The Bertz CT molecular complexity index is 1230. The van der Waals surface area contributed by atoms with E-state index in [4.69, 9.17) is 27.7 Å². The molecule has 0 fully saturated rings. The zero-order valence-corrected chi connectivity index (χ0v) is 16.0. The number of benzene rings is 2. The van der Waals surface area contributed by atoms with E-state index in [9.17, 15) is 8.42 Å². The van der Waals surface area contributed by atoms with Crippen molar-refractivity contribution in [3.8, 4) is 11.5 Å². The first-order valence-corrected chi connectivity index (χ1v) is 10.2. The van der Waals surface area contributed by atoms with Crippen molar-refractivity contribution >= 4 is 43.9 Å². The molecule has 0 N–H and O–H groups in total. The second-order valence-electron chi connectivity index (χ2n) is 5.76. The van der Waals surface area contributed by atoms with Crippen molar-refractivity contribution in [2.45, 2.75) is 10.6 Å². The van der Waals surface area contributed by atoms with E-state index in [2.05, 4.69) is 15.1 Å². The molecule has 2 aromatic carbocycles. The van der Waals surface area contributed by atoms with Gasteiger partial charge in [0.25, 0.3) is 5.89 Å². The summed E-state index contributed by atoms with van der Waals surface area (Å²) in [6, 6.07) is 13.3. The van der Waals surface area contributed by atoms with Crippen LogP contribution in [0.25, 0.3) is 22.4 Å². The maximum atomic E-state index is 12.9. The van der Waals surface area contributed by atoms with Crippen LogP contribution in [0.3, 0.4) is 0 Å². The van der Waals surface area contributed by atoms with Gasteiger partial charge in [0, 0.05) is 27.2 Å². The lowest BCUT2D eigenvalue weighted by Gasteiger charge is -2.05. The van der Waals surface area contributed by atoms with Crippen LogP contribution in [0, 0.1) is 0 Å². The minimum Gasteiger partial charge on any atom is -0.334 e. The van der Waals surface area contributed by atoms with E-state index in [1.165, 1.54) is 6.07 Å². The summed E-state index contributed by atoms with van der Waals surface area (Å²) in [6.45, 7) is 0. The molecule has 0 bridgehead atoms. The SMILES string of the molecule is O=S(=O)(Cc1noc(-c2cc(Cl)cc(Cl)c2)n1)c1cccc2cccnc12. The van der Waals surface area contributed by atoms with Gasteiger partial charge in [0.2, 0.25) is 0 Å². The monoisotopic (exact) mass is 419 g/mol. The van der Waals surface area contributed by atoms with Crippen molar-refractivity contribution in [2.24, 2.45) is 0 Å². The van der Waals surface area contributed by atoms with Crippen LogP contribution in [-0.2, 0) is 15.6 Å². The fraction of sp³-hybridized carbons (Fsp3) is 0.0556. The molecule has 136 valence electrons. The van der Waals surface area contributed by atoms with Crippen LogP contribution in [0.4, 0.5) is 0 Å². The molecule has 2 heterocycles. The largest absolute Gasteiger partial charge is 0.334 e. The molecule has 0 radical (unpaired) electrons. The van der Waals surface area contributed by atoms with Gasteiger partial charge in [-0.1, -0.05) is 46.6 Å². The van der Waals surface area contributed by atoms with Crippen LogP contribution < -0.4 is 0 Å². The fourth-order valence-corrected chi connectivity index (χ4v) is 4.57. The number of rotatable bonds is 4. The maximum Gasteiger partial charge on any atom is 0.258 e. The molecule has 27 heavy (non-hydrogen) atoms. The molecule has 9 heteroatoms. The Morgan fingerprint density at radius 1 is 1.00 bits per heavy atom. The Balaban J connectivity index is 1.69. The number of aromatic nitrogens is 3. The summed E-state index contributed by atoms with van der Waals surface area (Å²) in [5, 5.41) is 5.33. The molecule has 0 saturated heterocycles. The molecule has 4 aromatic rings. The number of pyridine rings is 1. The predicted octanol–water partition coefficient (Wildman–Crippen LogP) is 4.57. The van der Waals surface area contributed by atoms with Gasteiger partial charge in [0.15, 0.2) is 15.7 Å². The molecule has 0 aliphatic rings.